The maximum Gasteiger partial charge on any atom is 0.288 e. The van der Waals surface area contributed by atoms with Gasteiger partial charge >= 0.3 is 0 Å². The number of amides is 1. The van der Waals surface area contributed by atoms with Gasteiger partial charge in [0.15, 0.2) is 0 Å². The van der Waals surface area contributed by atoms with Crippen LogP contribution in [0, 0.1) is 23.2 Å². The third-order valence-electron chi connectivity index (χ3n) is 8.81. The van der Waals surface area contributed by atoms with Gasteiger partial charge in [0, 0.05) is 31.9 Å². The van der Waals surface area contributed by atoms with Gasteiger partial charge in [-0.25, -0.2) is 4.68 Å². The summed E-state index contributed by atoms with van der Waals surface area (Å²) in [6, 6.07) is 2.08. The number of pyridine rings is 1. The van der Waals surface area contributed by atoms with E-state index >= 15 is 0 Å². The number of anilines is 2. The number of halogens is 1. The van der Waals surface area contributed by atoms with E-state index in [4.69, 9.17) is 16.3 Å². The average molecular weight is 531 g/mol. The Kier molecular flexibility index (Phi) is 8.43. The number of hydrogen-bond acceptors (Lipinski definition) is 7. The van der Waals surface area contributed by atoms with E-state index in [1.165, 1.54) is 0 Å². The highest BCUT2D eigenvalue weighted by molar-refractivity contribution is 6.32. The molecule has 0 aromatic carbocycles. The molecule has 2 aliphatic rings. The Morgan fingerprint density at radius 1 is 1.22 bits per heavy atom. The summed E-state index contributed by atoms with van der Waals surface area (Å²) in [6.45, 7) is 14.5. The number of nitrogens with zero attached hydrogens (tertiary/aromatic N) is 4. The van der Waals surface area contributed by atoms with Crippen LogP contribution >= 0.6 is 11.6 Å². The zero-order valence-electron chi connectivity index (χ0n) is 22.5. The lowest BCUT2D eigenvalue weighted by atomic mass is 9.58. The molecule has 4 atom stereocenters. The molecule has 202 valence electrons. The number of nitrogens with one attached hydrogen (secondary N) is 2. The molecule has 1 amide bonds. The van der Waals surface area contributed by atoms with Crippen LogP contribution in [0.25, 0.3) is 0 Å². The van der Waals surface area contributed by atoms with Crippen molar-refractivity contribution in [3.05, 3.63) is 45.6 Å². The first-order chi connectivity index (χ1) is 17.6. The van der Waals surface area contributed by atoms with Gasteiger partial charge in [0.1, 0.15) is 11.6 Å². The molecule has 2 aromatic heterocycles. The van der Waals surface area contributed by atoms with Crippen molar-refractivity contribution in [3.8, 4) is 0 Å². The van der Waals surface area contributed by atoms with E-state index in [9.17, 15) is 9.59 Å². The molecule has 1 saturated heterocycles. The number of hydrogen-bond donors (Lipinski definition) is 2. The van der Waals surface area contributed by atoms with Crippen LogP contribution in [0.3, 0.4) is 0 Å². The summed E-state index contributed by atoms with van der Waals surface area (Å²) in [5.74, 6) is 1.12. The van der Waals surface area contributed by atoms with Gasteiger partial charge in [-0.15, -0.1) is 0 Å². The van der Waals surface area contributed by atoms with Crippen LogP contribution in [0.15, 0.2) is 29.5 Å². The average Bonchev–Trinajstić information content (AvgIpc) is 2.90. The third kappa shape index (κ3) is 5.93. The van der Waals surface area contributed by atoms with Crippen LogP contribution in [0.5, 0.6) is 0 Å². The highest BCUT2D eigenvalue weighted by atomic mass is 35.5. The second kappa shape index (κ2) is 11.4. The van der Waals surface area contributed by atoms with Crippen molar-refractivity contribution < 1.29 is 9.53 Å². The van der Waals surface area contributed by atoms with Crippen molar-refractivity contribution >= 4 is 28.9 Å². The first kappa shape index (κ1) is 27.4. The molecule has 0 unspecified atom stereocenters. The van der Waals surface area contributed by atoms with Gasteiger partial charge in [-0.3, -0.25) is 14.6 Å². The molecule has 1 saturated carbocycles. The molecule has 10 heteroatoms. The minimum atomic E-state index is -0.482. The molecule has 3 heterocycles. The van der Waals surface area contributed by atoms with Crippen molar-refractivity contribution in [2.45, 2.75) is 60.2 Å². The van der Waals surface area contributed by atoms with Crippen LogP contribution in [0.2, 0.25) is 5.02 Å². The summed E-state index contributed by atoms with van der Waals surface area (Å²) in [6.07, 6.45) is 6.05. The molecule has 0 spiro atoms. The predicted molar refractivity (Wildman–Crippen MR) is 146 cm³/mol. The van der Waals surface area contributed by atoms with E-state index in [-0.39, 0.29) is 28.9 Å². The van der Waals surface area contributed by atoms with Crippen LogP contribution in [0.4, 0.5) is 11.4 Å². The van der Waals surface area contributed by atoms with E-state index in [0.29, 0.717) is 43.2 Å². The Labute approximate surface area is 223 Å². The fraction of sp³-hybridized carbons (Fsp3) is 0.630. The fourth-order valence-electron chi connectivity index (χ4n) is 5.48. The summed E-state index contributed by atoms with van der Waals surface area (Å²) < 4.78 is 6.54. The number of carbonyl (C=O) groups is 1. The Balaban J connectivity index is 1.39. The van der Waals surface area contributed by atoms with E-state index in [1.807, 2.05) is 6.07 Å². The number of aromatic nitrogens is 3. The van der Waals surface area contributed by atoms with E-state index < -0.39 is 5.56 Å². The van der Waals surface area contributed by atoms with Gasteiger partial charge in [-0.05, 0) is 41.2 Å². The molecule has 37 heavy (non-hydrogen) atoms. The summed E-state index contributed by atoms with van der Waals surface area (Å²) in [5, 5.41) is 10.7. The highest BCUT2D eigenvalue weighted by Gasteiger charge is 2.43. The second-order valence-corrected chi connectivity index (χ2v) is 11.5. The topological polar surface area (TPSA) is 101 Å². The molecule has 0 radical (unpaired) electrons. The van der Waals surface area contributed by atoms with Gasteiger partial charge in [0.2, 0.25) is 5.91 Å². The van der Waals surface area contributed by atoms with Crippen molar-refractivity contribution in [2.75, 3.05) is 36.5 Å². The SMILES string of the molecule is C[C@@H]1[C@@H](C)C(C)(C)[C@@H](C)C[C@H]1Nc1cnn(CC(=O)NCc2ccncc2N2CCOCC2)c(=O)c1Cl. The lowest BCUT2D eigenvalue weighted by molar-refractivity contribution is -0.122. The monoisotopic (exact) mass is 530 g/mol. The Morgan fingerprint density at radius 2 is 1.95 bits per heavy atom. The molecule has 2 N–H and O–H groups in total. The van der Waals surface area contributed by atoms with Gasteiger partial charge in [0.05, 0.1) is 37.0 Å². The Hall–Kier alpha value is -2.65. The van der Waals surface area contributed by atoms with Crippen LogP contribution in [-0.4, -0.2) is 53.0 Å². The largest absolute Gasteiger partial charge is 0.379 e. The van der Waals surface area contributed by atoms with Gasteiger partial charge in [-0.1, -0.05) is 46.2 Å². The molecule has 4 rings (SSSR count). The fourth-order valence-corrected chi connectivity index (χ4v) is 5.68. The molecule has 2 fully saturated rings. The second-order valence-electron chi connectivity index (χ2n) is 11.1. The Morgan fingerprint density at radius 3 is 2.68 bits per heavy atom. The summed E-state index contributed by atoms with van der Waals surface area (Å²) in [5.41, 5.74) is 2.21. The molecule has 9 nitrogen and oxygen atoms in total. The first-order valence-electron chi connectivity index (χ1n) is 13.1. The zero-order chi connectivity index (χ0) is 26.7. The summed E-state index contributed by atoms with van der Waals surface area (Å²) in [4.78, 5) is 32.1. The van der Waals surface area contributed by atoms with Crippen molar-refractivity contribution in [2.24, 2.45) is 23.2 Å². The lowest BCUT2D eigenvalue weighted by Crippen LogP contribution is -2.48. The smallest absolute Gasteiger partial charge is 0.288 e. The predicted octanol–water partition coefficient (Wildman–Crippen LogP) is 3.56. The number of morpholine rings is 1. The van der Waals surface area contributed by atoms with E-state index in [1.54, 1.807) is 18.6 Å². The highest BCUT2D eigenvalue weighted by Crippen LogP contribution is 2.48. The minimum absolute atomic E-state index is 0.0591. The van der Waals surface area contributed by atoms with E-state index in [2.05, 4.69) is 60.2 Å². The lowest BCUT2D eigenvalue weighted by Gasteiger charge is -2.50. The molecular weight excluding hydrogens is 492 g/mol. The normalized spacial score (nSPS) is 25.5. The number of carbonyl (C=O) groups excluding carboxylic acids is 1. The third-order valence-corrected chi connectivity index (χ3v) is 9.17. The molecule has 1 aliphatic heterocycles. The minimum Gasteiger partial charge on any atom is -0.379 e. The Bertz CT molecular complexity index is 1160. The van der Waals surface area contributed by atoms with Crippen LogP contribution < -0.4 is 21.1 Å². The van der Waals surface area contributed by atoms with Gasteiger partial charge in [-0.2, -0.15) is 5.10 Å². The standard InChI is InChI=1S/C27H39ClN6O3/c1-17-12-21(18(2)19(3)27(17,4)5)32-22-14-31-34(26(36)25(22)28)16-24(35)30-13-20-6-7-29-15-23(20)33-8-10-37-11-9-33/h6-7,14-15,17-19,21,32H,8-13,16H2,1-5H3,(H,30,35)/t17-,18+,19+,21+/m0/s1. The number of ether oxygens (including phenoxy) is 1. The quantitative estimate of drug-likeness (QED) is 0.564. The summed E-state index contributed by atoms with van der Waals surface area (Å²) >= 11 is 6.47. The van der Waals surface area contributed by atoms with Gasteiger partial charge < -0.3 is 20.3 Å². The zero-order valence-corrected chi connectivity index (χ0v) is 23.2. The maximum atomic E-state index is 12.9. The van der Waals surface area contributed by atoms with Crippen LogP contribution in [0.1, 0.15) is 46.6 Å². The van der Waals surface area contributed by atoms with Crippen LogP contribution in [-0.2, 0) is 22.6 Å². The first-order valence-corrected chi connectivity index (χ1v) is 13.5. The van der Waals surface area contributed by atoms with Crippen molar-refractivity contribution in [1.82, 2.24) is 20.1 Å². The van der Waals surface area contributed by atoms with Crippen molar-refractivity contribution in [3.63, 3.8) is 0 Å². The molecular formula is C27H39ClN6O3. The molecule has 1 aliphatic carbocycles. The maximum absolute atomic E-state index is 12.9. The molecule has 0 bridgehead atoms. The molecule has 2 aromatic rings. The van der Waals surface area contributed by atoms with Gasteiger partial charge in [0.25, 0.3) is 5.56 Å². The van der Waals surface area contributed by atoms with E-state index in [0.717, 1.165) is 35.4 Å². The number of rotatable bonds is 7. The van der Waals surface area contributed by atoms with Crippen molar-refractivity contribution in [1.29, 1.82) is 0 Å². The summed E-state index contributed by atoms with van der Waals surface area (Å²) in [7, 11) is 0.